The fourth-order valence-electron chi connectivity index (χ4n) is 2.38. The van der Waals surface area contributed by atoms with Crippen LogP contribution < -0.4 is 10.2 Å². The quantitative estimate of drug-likeness (QED) is 0.724. The van der Waals surface area contributed by atoms with E-state index >= 15 is 0 Å². The lowest BCUT2D eigenvalue weighted by Crippen LogP contribution is -2.29. The third-order valence-corrected chi connectivity index (χ3v) is 3.56. The van der Waals surface area contributed by atoms with E-state index in [4.69, 9.17) is 0 Å². The molecule has 1 unspecified atom stereocenters. The lowest BCUT2D eigenvalue weighted by molar-refractivity contribution is 0.497. The normalized spacial score (nSPS) is 12.4. The van der Waals surface area contributed by atoms with Crippen LogP contribution in [0.4, 0.5) is 5.69 Å². The molecule has 2 heteroatoms. The van der Waals surface area contributed by atoms with Crippen molar-refractivity contribution in [3.63, 3.8) is 0 Å². The molecule has 1 N–H and O–H groups in total. The first-order chi connectivity index (χ1) is 9.17. The van der Waals surface area contributed by atoms with Crippen LogP contribution in [0, 0.1) is 6.92 Å². The second-order valence-corrected chi connectivity index (χ2v) is 5.42. The summed E-state index contributed by atoms with van der Waals surface area (Å²) in [6.45, 7) is 12.3. The van der Waals surface area contributed by atoms with Crippen LogP contribution in [-0.4, -0.2) is 25.7 Å². The molecule has 0 saturated heterocycles. The number of anilines is 1. The van der Waals surface area contributed by atoms with Crippen LogP contribution in [0.15, 0.2) is 24.3 Å². The number of nitrogens with one attached hydrogen (secondary N) is 1. The molecule has 0 amide bonds. The Balaban J connectivity index is 2.37. The fraction of sp³-hybridized carbons (Fsp3) is 0.647. The van der Waals surface area contributed by atoms with E-state index in [1.165, 1.54) is 30.5 Å². The smallest absolute Gasteiger partial charge is 0.0368 e. The van der Waals surface area contributed by atoms with Crippen molar-refractivity contribution in [2.24, 2.45) is 0 Å². The van der Waals surface area contributed by atoms with Crippen molar-refractivity contribution in [3.05, 3.63) is 29.8 Å². The van der Waals surface area contributed by atoms with Crippen LogP contribution >= 0.6 is 0 Å². The third-order valence-electron chi connectivity index (χ3n) is 3.56. The van der Waals surface area contributed by atoms with E-state index in [1.54, 1.807) is 0 Å². The molecule has 1 aromatic rings. The van der Waals surface area contributed by atoms with Crippen molar-refractivity contribution >= 4 is 5.69 Å². The van der Waals surface area contributed by atoms with Gasteiger partial charge in [-0.3, -0.25) is 0 Å². The monoisotopic (exact) mass is 262 g/mol. The molecule has 0 heterocycles. The molecular formula is C17H30N2. The summed E-state index contributed by atoms with van der Waals surface area (Å²) in [6, 6.07) is 9.45. The predicted molar refractivity (Wildman–Crippen MR) is 86.1 cm³/mol. The van der Waals surface area contributed by atoms with Crippen LogP contribution in [0.5, 0.6) is 0 Å². The Bertz CT molecular complexity index is 349. The highest BCUT2D eigenvalue weighted by Gasteiger charge is 2.06. The maximum atomic E-state index is 3.55. The molecule has 0 radical (unpaired) electrons. The van der Waals surface area contributed by atoms with Gasteiger partial charge in [0.05, 0.1) is 0 Å². The zero-order chi connectivity index (χ0) is 14.1. The van der Waals surface area contributed by atoms with Crippen molar-refractivity contribution in [2.75, 3.05) is 24.5 Å². The number of aryl methyl sites for hydroxylation is 1. The molecule has 0 aliphatic heterocycles. The lowest BCUT2D eigenvalue weighted by Gasteiger charge is -2.24. The Morgan fingerprint density at radius 2 is 2.05 bits per heavy atom. The summed E-state index contributed by atoms with van der Waals surface area (Å²) in [7, 11) is 0. The largest absolute Gasteiger partial charge is 0.372 e. The minimum atomic E-state index is 0.635. The zero-order valence-corrected chi connectivity index (χ0v) is 13.1. The second kappa shape index (κ2) is 8.98. The van der Waals surface area contributed by atoms with Gasteiger partial charge in [0.1, 0.15) is 0 Å². The molecule has 0 spiro atoms. The number of hydrogen-bond donors (Lipinski definition) is 1. The molecule has 0 bridgehead atoms. The van der Waals surface area contributed by atoms with Crippen LogP contribution in [0.3, 0.4) is 0 Å². The summed E-state index contributed by atoms with van der Waals surface area (Å²) in [5.74, 6) is 0. The maximum absolute atomic E-state index is 3.55. The Labute approximate surface area is 119 Å². The van der Waals surface area contributed by atoms with Gasteiger partial charge in [-0.1, -0.05) is 19.1 Å². The van der Waals surface area contributed by atoms with Crippen molar-refractivity contribution < 1.29 is 0 Å². The first-order valence-electron chi connectivity index (χ1n) is 7.72. The number of hydrogen-bond acceptors (Lipinski definition) is 2. The summed E-state index contributed by atoms with van der Waals surface area (Å²) < 4.78 is 0. The number of benzene rings is 1. The molecule has 0 aliphatic carbocycles. The zero-order valence-electron chi connectivity index (χ0n) is 13.1. The molecule has 0 saturated carbocycles. The van der Waals surface area contributed by atoms with Crippen LogP contribution in [0.2, 0.25) is 0 Å². The SMILES string of the molecule is CCCNC(C)CCCN(CC)c1cccc(C)c1. The molecule has 108 valence electrons. The van der Waals surface area contributed by atoms with Crippen molar-refractivity contribution in [2.45, 2.75) is 53.0 Å². The Kier molecular flexibility index (Phi) is 7.57. The number of rotatable bonds is 9. The molecule has 2 nitrogen and oxygen atoms in total. The Hall–Kier alpha value is -1.02. The first kappa shape index (κ1) is 16.0. The van der Waals surface area contributed by atoms with Crippen molar-refractivity contribution in [1.82, 2.24) is 5.32 Å². The topological polar surface area (TPSA) is 15.3 Å². The van der Waals surface area contributed by atoms with E-state index in [0.29, 0.717) is 6.04 Å². The molecule has 1 rings (SSSR count). The van der Waals surface area contributed by atoms with Gasteiger partial charge in [-0.05, 0) is 64.3 Å². The predicted octanol–water partition coefficient (Wildman–Crippen LogP) is 3.99. The van der Waals surface area contributed by atoms with Gasteiger partial charge in [-0.25, -0.2) is 0 Å². The van der Waals surface area contributed by atoms with Crippen LogP contribution in [0.1, 0.15) is 45.6 Å². The first-order valence-corrected chi connectivity index (χ1v) is 7.72. The highest BCUT2D eigenvalue weighted by Crippen LogP contribution is 2.16. The average Bonchev–Trinajstić information content (AvgIpc) is 2.41. The van der Waals surface area contributed by atoms with E-state index in [2.05, 4.69) is 62.2 Å². The molecule has 1 aromatic carbocycles. The van der Waals surface area contributed by atoms with Gasteiger partial charge < -0.3 is 10.2 Å². The van der Waals surface area contributed by atoms with Gasteiger partial charge in [0.25, 0.3) is 0 Å². The molecule has 1 atom stereocenters. The second-order valence-electron chi connectivity index (χ2n) is 5.42. The summed E-state index contributed by atoms with van der Waals surface area (Å²) in [6.07, 6.45) is 3.72. The van der Waals surface area contributed by atoms with Crippen LogP contribution in [-0.2, 0) is 0 Å². The fourth-order valence-corrected chi connectivity index (χ4v) is 2.38. The molecule has 0 aromatic heterocycles. The van der Waals surface area contributed by atoms with E-state index < -0.39 is 0 Å². The average molecular weight is 262 g/mol. The van der Waals surface area contributed by atoms with Crippen molar-refractivity contribution in [1.29, 1.82) is 0 Å². The highest BCUT2D eigenvalue weighted by molar-refractivity contribution is 5.48. The van der Waals surface area contributed by atoms with Gasteiger partial charge in [0.2, 0.25) is 0 Å². The highest BCUT2D eigenvalue weighted by atomic mass is 15.1. The third kappa shape index (κ3) is 6.11. The van der Waals surface area contributed by atoms with Gasteiger partial charge in [-0.2, -0.15) is 0 Å². The maximum Gasteiger partial charge on any atom is 0.0368 e. The molecule has 0 fully saturated rings. The van der Waals surface area contributed by atoms with Gasteiger partial charge >= 0.3 is 0 Å². The Morgan fingerprint density at radius 3 is 2.68 bits per heavy atom. The van der Waals surface area contributed by atoms with Crippen LogP contribution in [0.25, 0.3) is 0 Å². The lowest BCUT2D eigenvalue weighted by atomic mass is 10.1. The van der Waals surface area contributed by atoms with E-state index in [-0.39, 0.29) is 0 Å². The van der Waals surface area contributed by atoms with Gasteiger partial charge in [0, 0.05) is 24.8 Å². The Morgan fingerprint density at radius 1 is 1.26 bits per heavy atom. The van der Waals surface area contributed by atoms with Crippen molar-refractivity contribution in [3.8, 4) is 0 Å². The minimum Gasteiger partial charge on any atom is -0.372 e. The molecular weight excluding hydrogens is 232 g/mol. The molecule has 19 heavy (non-hydrogen) atoms. The van der Waals surface area contributed by atoms with E-state index in [9.17, 15) is 0 Å². The minimum absolute atomic E-state index is 0.635. The summed E-state index contributed by atoms with van der Waals surface area (Å²) in [5.41, 5.74) is 2.70. The number of nitrogens with zero attached hydrogens (tertiary/aromatic N) is 1. The molecule has 0 aliphatic rings. The van der Waals surface area contributed by atoms with E-state index in [1.807, 2.05) is 0 Å². The summed E-state index contributed by atoms with van der Waals surface area (Å²) in [4.78, 5) is 2.47. The summed E-state index contributed by atoms with van der Waals surface area (Å²) in [5, 5.41) is 3.55. The standard InChI is InChI=1S/C17H30N2/c1-5-12-18-16(4)10-8-13-19(6-2)17-11-7-9-15(3)14-17/h7,9,11,14,16,18H,5-6,8,10,12-13H2,1-4H3. The summed E-state index contributed by atoms with van der Waals surface area (Å²) >= 11 is 0. The van der Waals surface area contributed by atoms with Gasteiger partial charge in [-0.15, -0.1) is 0 Å². The van der Waals surface area contributed by atoms with Gasteiger partial charge in [0.15, 0.2) is 0 Å². The van der Waals surface area contributed by atoms with E-state index in [0.717, 1.165) is 19.6 Å².